The van der Waals surface area contributed by atoms with E-state index in [0.717, 1.165) is 10.9 Å². The van der Waals surface area contributed by atoms with E-state index in [9.17, 15) is 8.42 Å². The molecule has 1 aromatic carbocycles. The van der Waals surface area contributed by atoms with Crippen LogP contribution >= 0.6 is 0 Å². The molecule has 0 amide bonds. The largest absolute Gasteiger partial charge is 0.370 e. The van der Waals surface area contributed by atoms with Crippen LogP contribution in [0.4, 0.5) is 5.82 Å². The lowest BCUT2D eigenvalue weighted by atomic mass is 10.1. The Morgan fingerprint density at radius 2 is 2.10 bits per heavy atom. The van der Waals surface area contributed by atoms with Gasteiger partial charge in [0, 0.05) is 18.2 Å². The van der Waals surface area contributed by atoms with E-state index in [-0.39, 0.29) is 5.75 Å². The zero-order chi connectivity index (χ0) is 14.6. The number of benzene rings is 1. The fraction of sp³-hybridized carbons (Fsp3) is 0.286. The number of nitrogens with one attached hydrogen (secondary N) is 1. The van der Waals surface area contributed by atoms with Gasteiger partial charge in [0.2, 0.25) is 0 Å². The quantitative estimate of drug-likeness (QED) is 0.851. The van der Waals surface area contributed by atoms with Gasteiger partial charge in [-0.25, -0.2) is 13.4 Å². The minimum atomic E-state index is -2.94. The molecule has 5 nitrogen and oxygen atoms in total. The molecule has 0 aliphatic rings. The van der Waals surface area contributed by atoms with Gasteiger partial charge in [-0.05, 0) is 18.6 Å². The number of aromatic nitrogens is 1. The van der Waals surface area contributed by atoms with Crippen LogP contribution in [0, 0.1) is 11.3 Å². The highest BCUT2D eigenvalue weighted by Gasteiger charge is 2.05. The Labute approximate surface area is 118 Å². The number of hydrogen-bond donors (Lipinski definition) is 1. The molecule has 1 N–H and O–H groups in total. The minimum Gasteiger partial charge on any atom is -0.370 e. The van der Waals surface area contributed by atoms with E-state index in [0.29, 0.717) is 24.3 Å². The molecule has 0 radical (unpaired) electrons. The molecule has 6 heteroatoms. The summed E-state index contributed by atoms with van der Waals surface area (Å²) in [5, 5.41) is 13.0. The Morgan fingerprint density at radius 3 is 2.80 bits per heavy atom. The first kappa shape index (κ1) is 14.3. The molecule has 104 valence electrons. The molecule has 0 spiro atoms. The van der Waals surface area contributed by atoms with Crippen LogP contribution in [-0.4, -0.2) is 32.0 Å². The van der Waals surface area contributed by atoms with Gasteiger partial charge in [-0.2, -0.15) is 5.26 Å². The van der Waals surface area contributed by atoms with Crippen LogP contribution in [0.3, 0.4) is 0 Å². The minimum absolute atomic E-state index is 0.138. The third kappa shape index (κ3) is 3.68. The van der Waals surface area contributed by atoms with Gasteiger partial charge in [-0.1, -0.05) is 18.2 Å². The highest BCUT2D eigenvalue weighted by Crippen LogP contribution is 2.19. The van der Waals surface area contributed by atoms with Gasteiger partial charge in [0.1, 0.15) is 15.7 Å². The topological polar surface area (TPSA) is 82.9 Å². The Hall–Kier alpha value is -2.13. The van der Waals surface area contributed by atoms with Crippen molar-refractivity contribution in [3.05, 3.63) is 35.9 Å². The molecule has 0 saturated carbocycles. The van der Waals surface area contributed by atoms with Crippen molar-refractivity contribution in [2.24, 2.45) is 0 Å². The summed E-state index contributed by atoms with van der Waals surface area (Å²) in [6, 6.07) is 11.3. The molecular formula is C14H15N3O2S. The van der Waals surface area contributed by atoms with Crippen LogP contribution in [0.25, 0.3) is 10.9 Å². The molecule has 0 aliphatic carbocycles. The number of nitrogens with zero attached hydrogens (tertiary/aromatic N) is 2. The van der Waals surface area contributed by atoms with Crippen molar-refractivity contribution in [1.82, 2.24) is 4.98 Å². The van der Waals surface area contributed by atoms with Crippen molar-refractivity contribution >= 4 is 26.6 Å². The number of rotatable bonds is 5. The lowest BCUT2D eigenvalue weighted by molar-refractivity contribution is 0.600. The summed E-state index contributed by atoms with van der Waals surface area (Å²) >= 11 is 0. The zero-order valence-electron chi connectivity index (χ0n) is 11.1. The Balaban J connectivity index is 2.13. The second kappa shape index (κ2) is 5.88. The molecule has 0 aliphatic heterocycles. The van der Waals surface area contributed by atoms with Gasteiger partial charge in [0.05, 0.1) is 22.9 Å². The average molecular weight is 289 g/mol. The second-order valence-electron chi connectivity index (χ2n) is 4.59. The summed E-state index contributed by atoms with van der Waals surface area (Å²) in [6.45, 7) is 0.503. The first-order chi connectivity index (χ1) is 9.49. The van der Waals surface area contributed by atoms with Crippen LogP contribution in [0.1, 0.15) is 12.0 Å². The van der Waals surface area contributed by atoms with Crippen LogP contribution in [0.2, 0.25) is 0 Å². The summed E-state index contributed by atoms with van der Waals surface area (Å²) in [5.74, 6) is 0.729. The van der Waals surface area contributed by atoms with Gasteiger partial charge in [-0.3, -0.25) is 0 Å². The van der Waals surface area contributed by atoms with Crippen molar-refractivity contribution in [1.29, 1.82) is 5.26 Å². The van der Waals surface area contributed by atoms with Crippen molar-refractivity contribution in [2.75, 3.05) is 23.9 Å². The van der Waals surface area contributed by atoms with Crippen molar-refractivity contribution in [2.45, 2.75) is 6.42 Å². The number of hydrogen-bond acceptors (Lipinski definition) is 5. The molecule has 0 atom stereocenters. The first-order valence-corrected chi connectivity index (χ1v) is 8.27. The highest BCUT2D eigenvalue weighted by molar-refractivity contribution is 7.90. The summed E-state index contributed by atoms with van der Waals surface area (Å²) in [4.78, 5) is 4.41. The maximum absolute atomic E-state index is 11.0. The van der Waals surface area contributed by atoms with E-state index in [1.165, 1.54) is 6.26 Å². The lowest BCUT2D eigenvalue weighted by Crippen LogP contribution is -2.10. The summed E-state index contributed by atoms with van der Waals surface area (Å²) in [6.07, 6.45) is 1.73. The highest BCUT2D eigenvalue weighted by atomic mass is 32.2. The van der Waals surface area contributed by atoms with E-state index >= 15 is 0 Å². The van der Waals surface area contributed by atoms with E-state index in [1.807, 2.05) is 24.3 Å². The summed E-state index contributed by atoms with van der Waals surface area (Å²) in [5.41, 5.74) is 1.30. The van der Waals surface area contributed by atoms with Gasteiger partial charge in [-0.15, -0.1) is 0 Å². The molecular weight excluding hydrogens is 274 g/mol. The van der Waals surface area contributed by atoms with Crippen LogP contribution in [0.15, 0.2) is 30.3 Å². The number of fused-ring (bicyclic) bond motifs is 1. The molecule has 0 bridgehead atoms. The van der Waals surface area contributed by atoms with Gasteiger partial charge >= 0.3 is 0 Å². The average Bonchev–Trinajstić information content (AvgIpc) is 2.41. The molecule has 1 heterocycles. The SMILES string of the molecule is CS(=O)(=O)CCCNc1cc(C#N)c2ccccc2n1. The van der Waals surface area contributed by atoms with Crippen molar-refractivity contribution < 1.29 is 8.42 Å². The number of nitriles is 1. The van der Waals surface area contributed by atoms with E-state index in [2.05, 4.69) is 16.4 Å². The van der Waals surface area contributed by atoms with Gasteiger partial charge < -0.3 is 5.32 Å². The molecule has 2 aromatic rings. The lowest BCUT2D eigenvalue weighted by Gasteiger charge is -2.07. The first-order valence-electron chi connectivity index (χ1n) is 6.21. The molecule has 0 saturated heterocycles. The fourth-order valence-electron chi connectivity index (χ4n) is 1.91. The standard InChI is InChI=1S/C14H15N3O2S/c1-20(18,19)8-4-7-16-14-9-11(10-15)12-5-2-3-6-13(12)17-14/h2-3,5-6,9H,4,7-8H2,1H3,(H,16,17). The number of pyridine rings is 1. The summed E-state index contributed by atoms with van der Waals surface area (Å²) < 4.78 is 22.1. The van der Waals surface area contributed by atoms with Gasteiger partial charge in [0.25, 0.3) is 0 Å². The number of anilines is 1. The third-order valence-electron chi connectivity index (χ3n) is 2.83. The fourth-order valence-corrected chi connectivity index (χ4v) is 2.58. The maximum Gasteiger partial charge on any atom is 0.147 e. The Bertz CT molecular complexity index is 764. The van der Waals surface area contributed by atoms with E-state index in [1.54, 1.807) is 6.07 Å². The van der Waals surface area contributed by atoms with Crippen molar-refractivity contribution in [3.8, 4) is 6.07 Å². The molecule has 2 rings (SSSR count). The molecule has 0 fully saturated rings. The third-order valence-corrected chi connectivity index (χ3v) is 3.86. The predicted molar refractivity (Wildman–Crippen MR) is 79.3 cm³/mol. The van der Waals surface area contributed by atoms with Crippen LogP contribution in [-0.2, 0) is 9.84 Å². The van der Waals surface area contributed by atoms with E-state index in [4.69, 9.17) is 5.26 Å². The zero-order valence-corrected chi connectivity index (χ0v) is 11.9. The normalized spacial score (nSPS) is 11.2. The van der Waals surface area contributed by atoms with Crippen LogP contribution in [0.5, 0.6) is 0 Å². The van der Waals surface area contributed by atoms with Gasteiger partial charge in [0.15, 0.2) is 0 Å². The molecule has 1 aromatic heterocycles. The van der Waals surface area contributed by atoms with E-state index < -0.39 is 9.84 Å². The number of para-hydroxylation sites is 1. The molecule has 0 unspecified atom stereocenters. The smallest absolute Gasteiger partial charge is 0.147 e. The predicted octanol–water partition coefficient (Wildman–Crippen LogP) is 1.95. The molecule has 20 heavy (non-hydrogen) atoms. The van der Waals surface area contributed by atoms with Crippen molar-refractivity contribution in [3.63, 3.8) is 0 Å². The van der Waals surface area contributed by atoms with Crippen LogP contribution < -0.4 is 5.32 Å². The monoisotopic (exact) mass is 289 g/mol. The second-order valence-corrected chi connectivity index (χ2v) is 6.85. The summed E-state index contributed by atoms with van der Waals surface area (Å²) in [7, 11) is -2.94. The Morgan fingerprint density at radius 1 is 1.35 bits per heavy atom. The Kier molecular flexibility index (Phi) is 4.20. The maximum atomic E-state index is 11.0. The number of sulfone groups is 1.